The molecule has 2 N–H and O–H groups in total. The lowest BCUT2D eigenvalue weighted by Gasteiger charge is -2.16. The van der Waals surface area contributed by atoms with Gasteiger partial charge in [-0.3, -0.25) is 4.99 Å². The zero-order valence-electron chi connectivity index (χ0n) is 17.9. The van der Waals surface area contributed by atoms with Crippen LogP contribution in [0.1, 0.15) is 11.1 Å². The van der Waals surface area contributed by atoms with Crippen molar-refractivity contribution >= 4 is 5.96 Å². The van der Waals surface area contributed by atoms with Crippen LogP contribution in [0.25, 0.3) is 0 Å². The second-order valence-electron chi connectivity index (χ2n) is 6.61. The second kappa shape index (κ2) is 10.5. The monoisotopic (exact) mass is 415 g/mol. The highest BCUT2D eigenvalue weighted by molar-refractivity contribution is 5.79. The number of guanidine groups is 1. The van der Waals surface area contributed by atoms with E-state index < -0.39 is 0 Å². The first kappa shape index (κ1) is 21.4. The Morgan fingerprint density at radius 1 is 0.900 bits per heavy atom. The highest BCUT2D eigenvalue weighted by Crippen LogP contribution is 2.39. The SMILES string of the molecule is CN=C(NCCc1ccc2c(c1)OCO2)NCCc1ccc(OC)c(OC)c1OC. The molecule has 1 heterocycles. The van der Waals surface area contributed by atoms with Crippen molar-refractivity contribution in [1.29, 1.82) is 0 Å². The quantitative estimate of drug-likeness (QED) is 0.481. The molecule has 2 aromatic carbocycles. The van der Waals surface area contributed by atoms with Crippen LogP contribution in [-0.2, 0) is 12.8 Å². The Labute approximate surface area is 177 Å². The third-order valence-corrected chi connectivity index (χ3v) is 4.84. The number of rotatable bonds is 9. The molecule has 0 radical (unpaired) electrons. The molecular formula is C22H29N3O5. The van der Waals surface area contributed by atoms with Crippen LogP contribution < -0.4 is 34.3 Å². The van der Waals surface area contributed by atoms with Gasteiger partial charge in [0.25, 0.3) is 0 Å². The molecular weight excluding hydrogens is 386 g/mol. The van der Waals surface area contributed by atoms with Gasteiger partial charge in [-0.15, -0.1) is 0 Å². The maximum Gasteiger partial charge on any atom is 0.231 e. The highest BCUT2D eigenvalue weighted by atomic mass is 16.7. The molecule has 0 saturated carbocycles. The lowest BCUT2D eigenvalue weighted by Crippen LogP contribution is -2.39. The summed E-state index contributed by atoms with van der Waals surface area (Å²) < 4.78 is 27.1. The molecule has 8 nitrogen and oxygen atoms in total. The Morgan fingerprint density at radius 3 is 2.33 bits per heavy atom. The van der Waals surface area contributed by atoms with Crippen molar-refractivity contribution in [2.75, 3.05) is 48.3 Å². The molecule has 30 heavy (non-hydrogen) atoms. The third-order valence-electron chi connectivity index (χ3n) is 4.84. The number of fused-ring (bicyclic) bond motifs is 1. The Morgan fingerprint density at radius 2 is 1.63 bits per heavy atom. The lowest BCUT2D eigenvalue weighted by molar-refractivity contribution is 0.174. The normalized spacial score (nSPS) is 12.5. The molecule has 0 spiro atoms. The predicted octanol–water partition coefficient (Wildman–Crippen LogP) is 2.39. The summed E-state index contributed by atoms with van der Waals surface area (Å²) in [6, 6.07) is 9.88. The Kier molecular flexibility index (Phi) is 7.48. The molecule has 1 aliphatic rings. The molecule has 162 valence electrons. The van der Waals surface area contributed by atoms with E-state index in [1.165, 1.54) is 5.56 Å². The maximum atomic E-state index is 5.54. The summed E-state index contributed by atoms with van der Waals surface area (Å²) in [5.41, 5.74) is 2.20. The second-order valence-corrected chi connectivity index (χ2v) is 6.61. The van der Waals surface area contributed by atoms with Crippen molar-refractivity contribution < 1.29 is 23.7 Å². The van der Waals surface area contributed by atoms with E-state index in [4.69, 9.17) is 23.7 Å². The number of benzene rings is 2. The fourth-order valence-electron chi connectivity index (χ4n) is 3.32. The Balaban J connectivity index is 1.49. The Hall–Kier alpha value is -3.29. The van der Waals surface area contributed by atoms with Crippen LogP contribution in [0.4, 0.5) is 0 Å². The van der Waals surface area contributed by atoms with Gasteiger partial charge < -0.3 is 34.3 Å². The van der Waals surface area contributed by atoms with Crippen molar-refractivity contribution in [3.05, 3.63) is 41.5 Å². The number of hydrogen-bond acceptors (Lipinski definition) is 6. The average molecular weight is 415 g/mol. The lowest BCUT2D eigenvalue weighted by atomic mass is 10.1. The molecule has 0 fully saturated rings. The van der Waals surface area contributed by atoms with Gasteiger partial charge in [0.05, 0.1) is 21.3 Å². The first-order chi connectivity index (χ1) is 14.7. The third kappa shape index (κ3) is 5.00. The van der Waals surface area contributed by atoms with Crippen LogP contribution in [0.3, 0.4) is 0 Å². The van der Waals surface area contributed by atoms with Gasteiger partial charge in [0.1, 0.15) is 0 Å². The van der Waals surface area contributed by atoms with E-state index >= 15 is 0 Å². The minimum absolute atomic E-state index is 0.290. The summed E-state index contributed by atoms with van der Waals surface area (Å²) in [5, 5.41) is 6.66. The van der Waals surface area contributed by atoms with Crippen molar-refractivity contribution in [2.24, 2.45) is 4.99 Å². The fraction of sp³-hybridized carbons (Fsp3) is 0.409. The van der Waals surface area contributed by atoms with Crippen LogP contribution in [0.5, 0.6) is 28.7 Å². The molecule has 0 amide bonds. The molecule has 3 rings (SSSR count). The van der Waals surface area contributed by atoms with Crippen molar-refractivity contribution in [1.82, 2.24) is 10.6 Å². The van der Waals surface area contributed by atoms with Crippen LogP contribution in [-0.4, -0.2) is 54.2 Å². The molecule has 0 saturated heterocycles. The maximum absolute atomic E-state index is 5.54. The van der Waals surface area contributed by atoms with E-state index in [0.29, 0.717) is 30.6 Å². The number of ether oxygens (including phenoxy) is 5. The first-order valence-electron chi connectivity index (χ1n) is 9.81. The van der Waals surface area contributed by atoms with E-state index in [2.05, 4.69) is 21.7 Å². The number of nitrogens with zero attached hydrogens (tertiary/aromatic N) is 1. The number of hydrogen-bond donors (Lipinski definition) is 2. The van der Waals surface area contributed by atoms with E-state index in [9.17, 15) is 0 Å². The summed E-state index contributed by atoms with van der Waals surface area (Å²) in [4.78, 5) is 4.29. The predicted molar refractivity (Wildman–Crippen MR) is 115 cm³/mol. The van der Waals surface area contributed by atoms with E-state index in [1.54, 1.807) is 28.4 Å². The largest absolute Gasteiger partial charge is 0.493 e. The van der Waals surface area contributed by atoms with Crippen LogP contribution in [0.15, 0.2) is 35.3 Å². The molecule has 1 aliphatic heterocycles. The minimum Gasteiger partial charge on any atom is -0.493 e. The summed E-state index contributed by atoms with van der Waals surface area (Å²) in [6.45, 7) is 1.73. The van der Waals surface area contributed by atoms with Gasteiger partial charge in [0, 0.05) is 25.7 Å². The van der Waals surface area contributed by atoms with Gasteiger partial charge >= 0.3 is 0 Å². The number of aliphatic imine (C=N–C) groups is 1. The summed E-state index contributed by atoms with van der Waals surface area (Å²) in [7, 11) is 6.60. The van der Waals surface area contributed by atoms with E-state index in [-0.39, 0.29) is 0 Å². The molecule has 0 unspecified atom stereocenters. The molecule has 0 aromatic heterocycles. The zero-order valence-corrected chi connectivity index (χ0v) is 17.9. The van der Waals surface area contributed by atoms with Crippen LogP contribution in [0.2, 0.25) is 0 Å². The fourth-order valence-corrected chi connectivity index (χ4v) is 3.32. The highest BCUT2D eigenvalue weighted by Gasteiger charge is 2.16. The minimum atomic E-state index is 0.290. The molecule has 0 atom stereocenters. The molecule has 0 bridgehead atoms. The summed E-state index contributed by atoms with van der Waals surface area (Å²) in [6.07, 6.45) is 1.59. The topological polar surface area (TPSA) is 82.6 Å². The average Bonchev–Trinajstić information content (AvgIpc) is 3.25. The molecule has 8 heteroatoms. The van der Waals surface area contributed by atoms with E-state index in [1.807, 2.05) is 24.3 Å². The van der Waals surface area contributed by atoms with Gasteiger partial charge in [-0.2, -0.15) is 0 Å². The van der Waals surface area contributed by atoms with Gasteiger partial charge in [0.15, 0.2) is 29.0 Å². The summed E-state index contributed by atoms with van der Waals surface area (Å²) >= 11 is 0. The Bertz CT molecular complexity index is 885. The van der Waals surface area contributed by atoms with Gasteiger partial charge in [0.2, 0.25) is 12.5 Å². The number of nitrogens with one attached hydrogen (secondary N) is 2. The van der Waals surface area contributed by atoms with Gasteiger partial charge in [-0.05, 0) is 36.6 Å². The van der Waals surface area contributed by atoms with Gasteiger partial charge in [-0.25, -0.2) is 0 Å². The first-order valence-corrected chi connectivity index (χ1v) is 9.81. The van der Waals surface area contributed by atoms with Crippen molar-refractivity contribution in [3.8, 4) is 28.7 Å². The molecule has 2 aromatic rings. The molecule has 0 aliphatic carbocycles. The van der Waals surface area contributed by atoms with Gasteiger partial charge in [-0.1, -0.05) is 12.1 Å². The van der Waals surface area contributed by atoms with Crippen LogP contribution >= 0.6 is 0 Å². The van der Waals surface area contributed by atoms with Crippen LogP contribution in [0, 0.1) is 0 Å². The van der Waals surface area contributed by atoms with Crippen molar-refractivity contribution in [2.45, 2.75) is 12.8 Å². The standard InChI is InChI=1S/C22H29N3O5/c1-23-22(24-11-9-15-5-7-17-19(13-15)30-14-29-17)25-12-10-16-6-8-18(26-2)21(28-4)20(16)27-3/h5-8,13H,9-12,14H2,1-4H3,(H2,23,24,25). The zero-order chi connectivity index (χ0) is 21.3. The number of methoxy groups -OCH3 is 3. The smallest absolute Gasteiger partial charge is 0.231 e. The van der Waals surface area contributed by atoms with Crippen molar-refractivity contribution in [3.63, 3.8) is 0 Å². The summed E-state index contributed by atoms with van der Waals surface area (Å²) in [5.74, 6) is 4.28. The van der Waals surface area contributed by atoms with E-state index in [0.717, 1.165) is 42.4 Å².